The highest BCUT2D eigenvalue weighted by Crippen LogP contribution is 2.24. The van der Waals surface area contributed by atoms with Gasteiger partial charge in [-0.3, -0.25) is 14.2 Å². The molecule has 36 heavy (non-hydrogen) atoms. The lowest BCUT2D eigenvalue weighted by molar-refractivity contribution is -0.113. The number of carbonyl (C=O) groups excluding carboxylic acids is 1. The smallest absolute Gasteiger partial charge is 0.266 e. The summed E-state index contributed by atoms with van der Waals surface area (Å²) >= 11 is 1.27. The number of nitrogens with one attached hydrogen (secondary N) is 1. The van der Waals surface area contributed by atoms with Crippen LogP contribution in [0.4, 0.5) is 11.4 Å². The zero-order valence-electron chi connectivity index (χ0n) is 20.7. The highest BCUT2D eigenvalue weighted by molar-refractivity contribution is 7.99. The Hall–Kier alpha value is -3.58. The topological polar surface area (TPSA) is 67.2 Å². The quantitative estimate of drug-likeness (QED) is 0.272. The molecule has 4 aromatic rings. The number of fused-ring (bicyclic) bond motifs is 1. The summed E-state index contributed by atoms with van der Waals surface area (Å²) in [5, 5.41) is 4.03. The van der Waals surface area contributed by atoms with E-state index in [0.717, 1.165) is 35.6 Å². The van der Waals surface area contributed by atoms with E-state index in [0.29, 0.717) is 16.1 Å². The minimum absolute atomic E-state index is 0.139. The number of nitrogens with zero attached hydrogens (tertiary/aromatic N) is 3. The number of thioether (sulfide) groups is 1. The molecule has 0 spiro atoms. The van der Waals surface area contributed by atoms with Crippen LogP contribution in [0, 0.1) is 13.8 Å². The molecule has 5 rings (SSSR count). The third-order valence-electron chi connectivity index (χ3n) is 6.70. The average molecular weight is 499 g/mol. The maximum Gasteiger partial charge on any atom is 0.266 e. The second-order valence-corrected chi connectivity index (χ2v) is 10.2. The fraction of sp³-hybridized carbons (Fsp3) is 0.276. The molecule has 1 saturated heterocycles. The van der Waals surface area contributed by atoms with Gasteiger partial charge in [0.1, 0.15) is 0 Å². The fourth-order valence-corrected chi connectivity index (χ4v) is 5.35. The largest absolute Gasteiger partial charge is 0.372 e. The van der Waals surface area contributed by atoms with Gasteiger partial charge in [-0.15, -0.1) is 0 Å². The number of carbonyl (C=O) groups is 1. The van der Waals surface area contributed by atoms with Crippen LogP contribution < -0.4 is 15.8 Å². The van der Waals surface area contributed by atoms with Crippen molar-refractivity contribution < 1.29 is 4.79 Å². The van der Waals surface area contributed by atoms with Crippen LogP contribution >= 0.6 is 11.8 Å². The number of rotatable bonds is 6. The first kappa shape index (κ1) is 24.1. The van der Waals surface area contributed by atoms with Crippen LogP contribution in [0.1, 0.15) is 30.4 Å². The SMILES string of the molecule is Cc1ccc(-n2c(SCC(=O)Nc3ccc(N4CCCCC4)cc3)nc3ccccc3c2=O)cc1C. The van der Waals surface area contributed by atoms with Gasteiger partial charge in [-0.05, 0) is 92.8 Å². The molecule has 1 N–H and O–H groups in total. The Balaban J connectivity index is 1.35. The summed E-state index contributed by atoms with van der Waals surface area (Å²) in [6.07, 6.45) is 3.75. The number of hydrogen-bond donors (Lipinski definition) is 1. The molecule has 0 bridgehead atoms. The predicted octanol–water partition coefficient (Wildman–Crippen LogP) is 5.72. The van der Waals surface area contributed by atoms with Crippen LogP contribution in [-0.4, -0.2) is 34.3 Å². The molecule has 1 aromatic heterocycles. The van der Waals surface area contributed by atoms with Crippen LogP contribution in [0.15, 0.2) is 76.7 Å². The van der Waals surface area contributed by atoms with Crippen LogP contribution in [0.25, 0.3) is 16.6 Å². The summed E-state index contributed by atoms with van der Waals surface area (Å²) in [5.41, 5.74) is 5.44. The molecule has 0 atom stereocenters. The second kappa shape index (κ2) is 10.6. The van der Waals surface area contributed by atoms with Gasteiger partial charge < -0.3 is 10.2 Å². The zero-order chi connectivity index (χ0) is 25.1. The van der Waals surface area contributed by atoms with Gasteiger partial charge in [-0.1, -0.05) is 30.0 Å². The van der Waals surface area contributed by atoms with Crippen molar-refractivity contribution in [1.29, 1.82) is 0 Å². The molecule has 2 heterocycles. The maximum absolute atomic E-state index is 13.4. The average Bonchev–Trinajstić information content (AvgIpc) is 2.90. The predicted molar refractivity (Wildman–Crippen MR) is 149 cm³/mol. The molecular weight excluding hydrogens is 468 g/mol. The van der Waals surface area contributed by atoms with E-state index in [-0.39, 0.29) is 17.2 Å². The molecule has 1 amide bonds. The van der Waals surface area contributed by atoms with Crippen molar-refractivity contribution in [3.63, 3.8) is 0 Å². The maximum atomic E-state index is 13.4. The van der Waals surface area contributed by atoms with E-state index < -0.39 is 0 Å². The van der Waals surface area contributed by atoms with Crippen molar-refractivity contribution >= 4 is 39.9 Å². The lowest BCUT2D eigenvalue weighted by Crippen LogP contribution is -2.29. The van der Waals surface area contributed by atoms with Gasteiger partial charge in [0, 0.05) is 24.5 Å². The van der Waals surface area contributed by atoms with Gasteiger partial charge in [0.05, 0.1) is 22.3 Å². The number of aryl methyl sites for hydroxylation is 2. The molecule has 1 aliphatic heterocycles. The van der Waals surface area contributed by atoms with Gasteiger partial charge in [0.25, 0.3) is 5.56 Å². The van der Waals surface area contributed by atoms with Gasteiger partial charge in [-0.25, -0.2) is 4.98 Å². The minimum Gasteiger partial charge on any atom is -0.372 e. The Morgan fingerprint density at radius 1 is 0.917 bits per heavy atom. The van der Waals surface area contributed by atoms with E-state index in [1.807, 2.05) is 62.4 Å². The van der Waals surface area contributed by atoms with Gasteiger partial charge in [0.2, 0.25) is 5.91 Å². The fourth-order valence-electron chi connectivity index (χ4n) is 4.54. The molecule has 0 unspecified atom stereocenters. The highest BCUT2D eigenvalue weighted by Gasteiger charge is 2.16. The number of aromatic nitrogens is 2. The summed E-state index contributed by atoms with van der Waals surface area (Å²) < 4.78 is 1.61. The number of anilines is 2. The molecule has 184 valence electrons. The number of piperidine rings is 1. The lowest BCUT2D eigenvalue weighted by Gasteiger charge is -2.28. The standard InChI is InChI=1S/C29H30N4O2S/c1-20-10-13-24(18-21(20)2)33-28(35)25-8-4-5-9-26(25)31-29(33)36-19-27(34)30-22-11-14-23(15-12-22)32-16-6-3-7-17-32/h4-5,8-15,18H,3,6-7,16-17,19H2,1-2H3,(H,30,34). The van der Waals surface area contributed by atoms with E-state index in [4.69, 9.17) is 4.98 Å². The molecule has 3 aromatic carbocycles. The lowest BCUT2D eigenvalue weighted by atomic mass is 10.1. The summed E-state index contributed by atoms with van der Waals surface area (Å²) in [4.78, 5) is 33.4. The summed E-state index contributed by atoms with van der Waals surface area (Å²) in [7, 11) is 0. The number of hydrogen-bond acceptors (Lipinski definition) is 5. The normalized spacial score (nSPS) is 13.7. The van der Waals surface area contributed by atoms with E-state index in [1.165, 1.54) is 36.7 Å². The Labute approximate surface area is 215 Å². The third kappa shape index (κ3) is 5.16. The third-order valence-corrected chi connectivity index (χ3v) is 7.64. The van der Waals surface area contributed by atoms with Crippen molar-refractivity contribution in [3.8, 4) is 5.69 Å². The first-order chi connectivity index (χ1) is 17.5. The number of para-hydroxylation sites is 1. The van der Waals surface area contributed by atoms with Crippen molar-refractivity contribution in [2.75, 3.05) is 29.1 Å². The molecular formula is C29H30N4O2S. The van der Waals surface area contributed by atoms with E-state index in [2.05, 4.69) is 22.3 Å². The van der Waals surface area contributed by atoms with Gasteiger partial charge >= 0.3 is 0 Å². The van der Waals surface area contributed by atoms with Crippen molar-refractivity contribution in [3.05, 3.63) is 88.2 Å². The van der Waals surface area contributed by atoms with Gasteiger partial charge in [0.15, 0.2) is 5.16 Å². The highest BCUT2D eigenvalue weighted by atomic mass is 32.2. The number of benzene rings is 3. The van der Waals surface area contributed by atoms with Gasteiger partial charge in [-0.2, -0.15) is 0 Å². The summed E-state index contributed by atoms with van der Waals surface area (Å²) in [6.45, 7) is 6.24. The van der Waals surface area contributed by atoms with Crippen LogP contribution in [0.2, 0.25) is 0 Å². The summed E-state index contributed by atoms with van der Waals surface area (Å²) in [6, 6.07) is 21.3. The molecule has 7 heteroatoms. The minimum atomic E-state index is -0.139. The van der Waals surface area contributed by atoms with Crippen LogP contribution in [0.5, 0.6) is 0 Å². The Bertz CT molecular complexity index is 1460. The molecule has 6 nitrogen and oxygen atoms in total. The Kier molecular flexibility index (Phi) is 7.09. The molecule has 0 aliphatic carbocycles. The first-order valence-corrected chi connectivity index (χ1v) is 13.4. The van der Waals surface area contributed by atoms with Crippen molar-refractivity contribution in [2.45, 2.75) is 38.3 Å². The molecule has 1 fully saturated rings. The van der Waals surface area contributed by atoms with Crippen molar-refractivity contribution in [1.82, 2.24) is 9.55 Å². The Morgan fingerprint density at radius 2 is 1.64 bits per heavy atom. The molecule has 1 aliphatic rings. The second-order valence-electron chi connectivity index (χ2n) is 9.25. The zero-order valence-corrected chi connectivity index (χ0v) is 21.5. The van der Waals surface area contributed by atoms with E-state index in [9.17, 15) is 9.59 Å². The first-order valence-electron chi connectivity index (χ1n) is 12.4. The van der Waals surface area contributed by atoms with Crippen LogP contribution in [0.3, 0.4) is 0 Å². The Morgan fingerprint density at radius 3 is 2.39 bits per heavy atom. The number of amides is 1. The van der Waals surface area contributed by atoms with E-state index >= 15 is 0 Å². The summed E-state index contributed by atoms with van der Waals surface area (Å²) in [5.74, 6) is 0.00326. The monoisotopic (exact) mass is 498 g/mol. The van der Waals surface area contributed by atoms with Crippen molar-refractivity contribution in [2.24, 2.45) is 0 Å². The molecule has 0 saturated carbocycles. The van der Waals surface area contributed by atoms with E-state index in [1.54, 1.807) is 10.6 Å². The molecule has 0 radical (unpaired) electrons. The van der Waals surface area contributed by atoms with Crippen LogP contribution in [-0.2, 0) is 4.79 Å².